The molecule has 4 nitrogen and oxygen atoms in total. The molecule has 0 unspecified atom stereocenters. The Balaban J connectivity index is 2.12. The topological polar surface area (TPSA) is 50.4 Å². The smallest absolute Gasteiger partial charge is 0.339 e. The first-order valence-electron chi connectivity index (χ1n) is 8.97. The molecule has 0 aliphatic heterocycles. The average Bonchev–Trinajstić information content (AvgIpc) is 2.62. The minimum Gasteiger partial charge on any atom is -0.462 e. The fourth-order valence-electron chi connectivity index (χ4n) is 2.91. The lowest BCUT2D eigenvalue weighted by atomic mass is 9.98. The number of hydrogen-bond acceptors (Lipinski definition) is 3. The number of carbonyl (C=O) groups is 1. The van der Waals surface area contributed by atoms with Crippen molar-refractivity contribution in [3.8, 4) is 0 Å². The van der Waals surface area contributed by atoms with Crippen molar-refractivity contribution in [2.45, 2.75) is 40.2 Å². The van der Waals surface area contributed by atoms with Crippen LogP contribution in [0.2, 0.25) is 5.02 Å². The number of hydrogen-bond donors (Lipinski definition) is 2. The van der Waals surface area contributed by atoms with Gasteiger partial charge in [-0.2, -0.15) is 0 Å². The monoisotopic (exact) mass is 404 g/mol. The first kappa shape index (κ1) is 21.2. The largest absolute Gasteiger partial charge is 0.462 e. The molecule has 0 saturated carbocycles. The van der Waals surface area contributed by atoms with Crippen molar-refractivity contribution in [3.63, 3.8) is 0 Å². The molecule has 0 spiro atoms. The van der Waals surface area contributed by atoms with E-state index in [1.165, 1.54) is 16.7 Å². The third kappa shape index (κ3) is 5.68. The van der Waals surface area contributed by atoms with Crippen LogP contribution in [0.25, 0.3) is 0 Å². The van der Waals surface area contributed by atoms with Gasteiger partial charge in [0.1, 0.15) is 0 Å². The summed E-state index contributed by atoms with van der Waals surface area (Å²) in [6.07, 6.45) is 0.889. The van der Waals surface area contributed by atoms with Crippen LogP contribution in [-0.2, 0) is 4.74 Å². The number of esters is 1. The summed E-state index contributed by atoms with van der Waals surface area (Å²) in [5, 5.41) is 7.31. The van der Waals surface area contributed by atoms with E-state index in [1.807, 2.05) is 0 Å². The van der Waals surface area contributed by atoms with E-state index in [0.717, 1.165) is 6.42 Å². The van der Waals surface area contributed by atoms with E-state index in [-0.39, 0.29) is 6.04 Å². The maximum Gasteiger partial charge on any atom is 0.339 e. The quantitative estimate of drug-likeness (QED) is 0.486. The lowest BCUT2D eigenvalue weighted by Crippen LogP contribution is -2.32. The summed E-state index contributed by atoms with van der Waals surface area (Å²) in [6, 6.07) is 11.6. The van der Waals surface area contributed by atoms with Gasteiger partial charge in [-0.25, -0.2) is 4.79 Å². The Morgan fingerprint density at radius 2 is 1.93 bits per heavy atom. The Kier molecular flexibility index (Phi) is 7.63. The van der Waals surface area contributed by atoms with E-state index in [0.29, 0.717) is 28.0 Å². The van der Waals surface area contributed by atoms with E-state index in [9.17, 15) is 4.79 Å². The summed E-state index contributed by atoms with van der Waals surface area (Å²) in [5.41, 5.74) is 4.67. The molecule has 0 saturated heterocycles. The summed E-state index contributed by atoms with van der Waals surface area (Å²) < 4.78 is 5.03. The van der Waals surface area contributed by atoms with Crippen LogP contribution < -0.4 is 10.6 Å². The maximum atomic E-state index is 12.0. The number of thiocarbonyl (C=S) groups is 1. The van der Waals surface area contributed by atoms with Gasteiger partial charge in [0.15, 0.2) is 5.11 Å². The van der Waals surface area contributed by atoms with Gasteiger partial charge in [-0.3, -0.25) is 0 Å². The molecule has 27 heavy (non-hydrogen) atoms. The molecule has 0 fully saturated rings. The lowest BCUT2D eigenvalue weighted by molar-refractivity contribution is 0.0526. The van der Waals surface area contributed by atoms with Gasteiger partial charge >= 0.3 is 5.97 Å². The fraction of sp³-hybridized carbons (Fsp3) is 0.333. The van der Waals surface area contributed by atoms with Gasteiger partial charge in [-0.15, -0.1) is 0 Å². The standard InChI is InChI=1S/C21H25ClN2O2S/c1-5-19(16-9-7-13(3)11-14(16)4)24-21(27)23-15-8-10-18(22)17(12-15)20(25)26-6-2/h7-12,19H,5-6H2,1-4H3,(H2,23,24,27)/t19-/m0/s1. The first-order chi connectivity index (χ1) is 12.8. The van der Waals surface area contributed by atoms with Gasteiger partial charge in [0, 0.05) is 5.69 Å². The van der Waals surface area contributed by atoms with Crippen molar-refractivity contribution in [1.29, 1.82) is 0 Å². The molecule has 0 aliphatic rings. The number of rotatable bonds is 6. The van der Waals surface area contributed by atoms with Crippen LogP contribution >= 0.6 is 23.8 Å². The fourth-order valence-corrected chi connectivity index (χ4v) is 3.36. The van der Waals surface area contributed by atoms with E-state index in [2.05, 4.69) is 49.6 Å². The summed E-state index contributed by atoms with van der Waals surface area (Å²) in [5.74, 6) is -0.452. The van der Waals surface area contributed by atoms with Crippen molar-refractivity contribution in [3.05, 3.63) is 63.7 Å². The third-order valence-electron chi connectivity index (χ3n) is 4.23. The predicted molar refractivity (Wildman–Crippen MR) is 116 cm³/mol. The Bertz CT molecular complexity index is 839. The van der Waals surface area contributed by atoms with Crippen molar-refractivity contribution in [2.75, 3.05) is 11.9 Å². The van der Waals surface area contributed by atoms with Crippen molar-refractivity contribution < 1.29 is 9.53 Å². The van der Waals surface area contributed by atoms with E-state index < -0.39 is 5.97 Å². The van der Waals surface area contributed by atoms with Crippen LogP contribution in [0.5, 0.6) is 0 Å². The molecule has 2 N–H and O–H groups in total. The number of carbonyl (C=O) groups excluding carboxylic acids is 1. The number of nitrogens with one attached hydrogen (secondary N) is 2. The van der Waals surface area contributed by atoms with Gasteiger partial charge in [0.25, 0.3) is 0 Å². The summed E-state index contributed by atoms with van der Waals surface area (Å²) in [7, 11) is 0. The molecule has 1 atom stereocenters. The molecule has 0 bridgehead atoms. The number of ether oxygens (including phenoxy) is 1. The lowest BCUT2D eigenvalue weighted by Gasteiger charge is -2.22. The van der Waals surface area contributed by atoms with E-state index in [1.54, 1.807) is 25.1 Å². The Morgan fingerprint density at radius 3 is 2.56 bits per heavy atom. The van der Waals surface area contributed by atoms with Crippen molar-refractivity contribution >= 4 is 40.6 Å². The molecule has 0 radical (unpaired) electrons. The third-order valence-corrected chi connectivity index (χ3v) is 4.78. The van der Waals surface area contributed by atoms with Gasteiger partial charge in [0.2, 0.25) is 0 Å². The Labute approximate surface area is 171 Å². The zero-order valence-corrected chi connectivity index (χ0v) is 17.6. The van der Waals surface area contributed by atoms with Crippen molar-refractivity contribution in [1.82, 2.24) is 5.32 Å². The molecule has 0 aliphatic carbocycles. The Morgan fingerprint density at radius 1 is 1.19 bits per heavy atom. The highest BCUT2D eigenvalue weighted by molar-refractivity contribution is 7.80. The molecule has 2 aromatic carbocycles. The van der Waals surface area contributed by atoms with Crippen LogP contribution in [0.15, 0.2) is 36.4 Å². The molecule has 0 amide bonds. The first-order valence-corrected chi connectivity index (χ1v) is 9.75. The SMILES string of the molecule is CCOC(=O)c1cc(NC(=S)N[C@@H](CC)c2ccc(C)cc2C)ccc1Cl. The minimum atomic E-state index is -0.452. The second-order valence-electron chi connectivity index (χ2n) is 6.33. The average molecular weight is 405 g/mol. The molecular formula is C21H25ClN2O2S. The highest BCUT2D eigenvalue weighted by atomic mass is 35.5. The highest BCUT2D eigenvalue weighted by Crippen LogP contribution is 2.24. The highest BCUT2D eigenvalue weighted by Gasteiger charge is 2.15. The molecule has 2 rings (SSSR count). The van der Waals surface area contributed by atoms with Crippen LogP contribution in [0.4, 0.5) is 5.69 Å². The molecule has 0 heterocycles. The van der Waals surface area contributed by atoms with Gasteiger partial charge in [0.05, 0.1) is 23.2 Å². The zero-order chi connectivity index (χ0) is 20.0. The second kappa shape index (κ2) is 9.72. The minimum absolute atomic E-state index is 0.0995. The van der Waals surface area contributed by atoms with Crippen LogP contribution in [0, 0.1) is 13.8 Å². The van der Waals surface area contributed by atoms with E-state index >= 15 is 0 Å². The molecule has 144 valence electrons. The zero-order valence-electron chi connectivity index (χ0n) is 16.1. The molecule has 6 heteroatoms. The summed E-state index contributed by atoms with van der Waals surface area (Å²) in [6.45, 7) is 8.35. The van der Waals surface area contributed by atoms with Crippen LogP contribution in [0.3, 0.4) is 0 Å². The number of halogens is 1. The number of anilines is 1. The van der Waals surface area contributed by atoms with Gasteiger partial charge < -0.3 is 15.4 Å². The summed E-state index contributed by atoms with van der Waals surface area (Å²) >= 11 is 11.6. The van der Waals surface area contributed by atoms with Crippen molar-refractivity contribution in [2.24, 2.45) is 0 Å². The normalized spacial score (nSPS) is 11.6. The van der Waals surface area contributed by atoms with Crippen LogP contribution in [-0.4, -0.2) is 17.7 Å². The second-order valence-corrected chi connectivity index (χ2v) is 7.15. The van der Waals surface area contributed by atoms with Gasteiger partial charge in [-0.1, -0.05) is 42.3 Å². The van der Waals surface area contributed by atoms with E-state index in [4.69, 9.17) is 28.6 Å². The number of benzene rings is 2. The molecule has 0 aromatic heterocycles. The Hall–Kier alpha value is -2.11. The molecule has 2 aromatic rings. The van der Waals surface area contributed by atoms with Gasteiger partial charge in [-0.05, 0) is 68.7 Å². The predicted octanol–water partition coefficient (Wildman–Crippen LogP) is 5.57. The number of aryl methyl sites for hydroxylation is 2. The summed E-state index contributed by atoms with van der Waals surface area (Å²) in [4.78, 5) is 12.0. The molecular weight excluding hydrogens is 380 g/mol. The maximum absolute atomic E-state index is 12.0. The van der Waals surface area contributed by atoms with Crippen LogP contribution in [0.1, 0.15) is 53.4 Å².